The maximum absolute atomic E-state index is 11.1. The van der Waals surface area contributed by atoms with Crippen molar-refractivity contribution in [2.45, 2.75) is 39.3 Å². The number of ether oxygens (including phenoxy) is 1. The van der Waals surface area contributed by atoms with Gasteiger partial charge in [-0.2, -0.15) is 0 Å². The standard InChI is InChI=1S/C15H22N2O3/c1-4-20-13-8-12(15(13,2)3)17-9-5-6-11(16)10(7-9)14(18)19/h5-7,12-13,17H,4,8,16H2,1-3H3,(H,18,19). The Bertz CT molecular complexity index is 514. The number of carboxylic acids is 1. The fourth-order valence-electron chi connectivity index (χ4n) is 2.65. The van der Waals surface area contributed by atoms with Crippen molar-refractivity contribution in [2.24, 2.45) is 5.41 Å². The number of carboxylic acid groups (broad SMARTS) is 1. The molecule has 0 radical (unpaired) electrons. The predicted molar refractivity (Wildman–Crippen MR) is 79.0 cm³/mol. The Balaban J connectivity index is 2.09. The summed E-state index contributed by atoms with van der Waals surface area (Å²) in [5, 5.41) is 12.5. The van der Waals surface area contributed by atoms with Gasteiger partial charge in [0, 0.05) is 29.4 Å². The molecule has 0 bridgehead atoms. The molecular formula is C15H22N2O3. The minimum absolute atomic E-state index is 0.0286. The Morgan fingerprint density at radius 1 is 1.55 bits per heavy atom. The minimum atomic E-state index is -1.01. The summed E-state index contributed by atoms with van der Waals surface area (Å²) in [6.07, 6.45) is 1.17. The summed E-state index contributed by atoms with van der Waals surface area (Å²) in [7, 11) is 0. The van der Waals surface area contributed by atoms with E-state index in [1.54, 1.807) is 12.1 Å². The smallest absolute Gasteiger partial charge is 0.337 e. The summed E-state index contributed by atoms with van der Waals surface area (Å²) in [5.41, 5.74) is 6.88. The molecule has 0 aromatic heterocycles. The summed E-state index contributed by atoms with van der Waals surface area (Å²) in [5.74, 6) is -1.01. The largest absolute Gasteiger partial charge is 0.478 e. The van der Waals surface area contributed by atoms with Crippen molar-refractivity contribution < 1.29 is 14.6 Å². The molecule has 0 spiro atoms. The van der Waals surface area contributed by atoms with Crippen LogP contribution < -0.4 is 11.1 Å². The molecule has 0 heterocycles. The molecule has 2 rings (SSSR count). The van der Waals surface area contributed by atoms with E-state index in [4.69, 9.17) is 15.6 Å². The quantitative estimate of drug-likeness (QED) is 0.721. The normalized spacial score (nSPS) is 23.9. The van der Waals surface area contributed by atoms with Crippen LogP contribution in [0.5, 0.6) is 0 Å². The summed E-state index contributed by atoms with van der Waals surface area (Å²) in [6.45, 7) is 7.02. The highest BCUT2D eigenvalue weighted by Crippen LogP contribution is 2.44. The van der Waals surface area contributed by atoms with Gasteiger partial charge in [0.1, 0.15) is 0 Å². The van der Waals surface area contributed by atoms with Gasteiger partial charge in [0.25, 0.3) is 0 Å². The fraction of sp³-hybridized carbons (Fsp3) is 0.533. The molecule has 110 valence electrons. The van der Waals surface area contributed by atoms with Crippen molar-refractivity contribution in [3.8, 4) is 0 Å². The lowest BCUT2D eigenvalue weighted by atomic mass is 9.64. The van der Waals surface area contributed by atoms with Crippen molar-refractivity contribution in [3.05, 3.63) is 23.8 Å². The van der Waals surface area contributed by atoms with Gasteiger partial charge in [-0.3, -0.25) is 0 Å². The van der Waals surface area contributed by atoms with Gasteiger partial charge < -0.3 is 20.9 Å². The van der Waals surface area contributed by atoms with Gasteiger partial charge in [-0.1, -0.05) is 13.8 Å². The lowest BCUT2D eigenvalue weighted by Gasteiger charge is -2.52. The summed E-state index contributed by atoms with van der Waals surface area (Å²) < 4.78 is 5.69. The van der Waals surface area contributed by atoms with E-state index in [0.29, 0.717) is 6.61 Å². The molecule has 1 fully saturated rings. The number of rotatable bonds is 5. The number of nitrogen functional groups attached to an aromatic ring is 1. The topological polar surface area (TPSA) is 84.6 Å². The number of nitrogens with two attached hydrogens (primary N) is 1. The molecule has 0 saturated heterocycles. The molecule has 1 aliphatic rings. The molecule has 4 N–H and O–H groups in total. The van der Waals surface area contributed by atoms with E-state index in [2.05, 4.69) is 19.2 Å². The van der Waals surface area contributed by atoms with Gasteiger partial charge in [-0.25, -0.2) is 4.79 Å². The van der Waals surface area contributed by atoms with Gasteiger partial charge in [-0.15, -0.1) is 0 Å². The van der Waals surface area contributed by atoms with Crippen LogP contribution in [0.25, 0.3) is 0 Å². The molecule has 1 saturated carbocycles. The molecule has 2 atom stereocenters. The van der Waals surface area contributed by atoms with Crippen LogP contribution in [0.2, 0.25) is 0 Å². The van der Waals surface area contributed by atoms with E-state index in [0.717, 1.165) is 12.1 Å². The number of hydrogen-bond donors (Lipinski definition) is 3. The van der Waals surface area contributed by atoms with Crippen LogP contribution in [0.3, 0.4) is 0 Å². The Morgan fingerprint density at radius 3 is 2.80 bits per heavy atom. The van der Waals surface area contributed by atoms with Crippen LogP contribution in [0.15, 0.2) is 18.2 Å². The first-order valence-electron chi connectivity index (χ1n) is 6.87. The fourth-order valence-corrected chi connectivity index (χ4v) is 2.65. The SMILES string of the molecule is CCOC1CC(Nc2ccc(N)c(C(=O)O)c2)C1(C)C. The number of hydrogen-bond acceptors (Lipinski definition) is 4. The van der Waals surface area contributed by atoms with Gasteiger partial charge in [0.05, 0.1) is 11.7 Å². The second-order valence-electron chi connectivity index (χ2n) is 5.81. The molecular weight excluding hydrogens is 256 g/mol. The number of aromatic carboxylic acids is 1. The van der Waals surface area contributed by atoms with Crippen molar-refractivity contribution in [1.82, 2.24) is 0 Å². The maximum Gasteiger partial charge on any atom is 0.337 e. The third-order valence-corrected chi connectivity index (χ3v) is 4.17. The Kier molecular flexibility index (Phi) is 3.90. The second-order valence-corrected chi connectivity index (χ2v) is 5.81. The lowest BCUT2D eigenvalue weighted by molar-refractivity contribution is -0.0975. The van der Waals surface area contributed by atoms with Gasteiger partial charge in [0.15, 0.2) is 0 Å². The van der Waals surface area contributed by atoms with Crippen molar-refractivity contribution in [1.29, 1.82) is 0 Å². The third-order valence-electron chi connectivity index (χ3n) is 4.17. The van der Waals surface area contributed by atoms with Gasteiger partial charge in [0.2, 0.25) is 0 Å². The maximum atomic E-state index is 11.1. The summed E-state index contributed by atoms with van der Waals surface area (Å²) in [4.78, 5) is 11.1. The highest BCUT2D eigenvalue weighted by atomic mass is 16.5. The third kappa shape index (κ3) is 2.58. The minimum Gasteiger partial charge on any atom is -0.478 e. The highest BCUT2D eigenvalue weighted by Gasteiger charge is 2.48. The zero-order valence-electron chi connectivity index (χ0n) is 12.1. The van der Waals surface area contributed by atoms with E-state index in [1.807, 2.05) is 13.0 Å². The average Bonchev–Trinajstić information content (AvgIpc) is 2.39. The van der Waals surface area contributed by atoms with E-state index in [-0.39, 0.29) is 28.8 Å². The molecule has 0 aliphatic heterocycles. The average molecular weight is 278 g/mol. The molecule has 1 aromatic rings. The number of nitrogens with one attached hydrogen (secondary N) is 1. The zero-order chi connectivity index (χ0) is 14.9. The number of carbonyl (C=O) groups is 1. The molecule has 2 unspecified atom stereocenters. The van der Waals surface area contributed by atoms with Crippen LogP contribution in [0, 0.1) is 5.41 Å². The van der Waals surface area contributed by atoms with Gasteiger partial charge in [-0.05, 0) is 31.5 Å². The molecule has 1 aliphatic carbocycles. The molecule has 0 amide bonds. The van der Waals surface area contributed by atoms with Crippen molar-refractivity contribution in [3.63, 3.8) is 0 Å². The first kappa shape index (κ1) is 14.7. The first-order valence-corrected chi connectivity index (χ1v) is 6.87. The molecule has 20 heavy (non-hydrogen) atoms. The van der Waals surface area contributed by atoms with Crippen molar-refractivity contribution >= 4 is 17.3 Å². The summed E-state index contributed by atoms with van der Waals surface area (Å²) in [6, 6.07) is 5.29. The molecule has 5 nitrogen and oxygen atoms in total. The van der Waals surface area contributed by atoms with E-state index in [9.17, 15) is 4.79 Å². The second kappa shape index (κ2) is 5.32. The number of benzene rings is 1. The van der Waals surface area contributed by atoms with Crippen molar-refractivity contribution in [2.75, 3.05) is 17.7 Å². The Hall–Kier alpha value is -1.75. The van der Waals surface area contributed by atoms with Crippen LogP contribution in [0.4, 0.5) is 11.4 Å². The number of anilines is 2. The predicted octanol–water partition coefficient (Wildman–Crippen LogP) is 2.58. The molecule has 5 heteroatoms. The Morgan fingerprint density at radius 2 is 2.25 bits per heavy atom. The van der Waals surface area contributed by atoms with Crippen LogP contribution >= 0.6 is 0 Å². The van der Waals surface area contributed by atoms with E-state index < -0.39 is 5.97 Å². The van der Waals surface area contributed by atoms with E-state index in [1.165, 1.54) is 0 Å². The molecule has 1 aromatic carbocycles. The van der Waals surface area contributed by atoms with Crippen LogP contribution in [-0.4, -0.2) is 29.8 Å². The lowest BCUT2D eigenvalue weighted by Crippen LogP contribution is -2.58. The van der Waals surface area contributed by atoms with Crippen LogP contribution in [0.1, 0.15) is 37.6 Å². The van der Waals surface area contributed by atoms with E-state index >= 15 is 0 Å². The first-order chi connectivity index (χ1) is 9.36. The monoisotopic (exact) mass is 278 g/mol. The van der Waals surface area contributed by atoms with Gasteiger partial charge >= 0.3 is 5.97 Å². The zero-order valence-corrected chi connectivity index (χ0v) is 12.1. The Labute approximate surface area is 119 Å². The summed E-state index contributed by atoms with van der Waals surface area (Å²) >= 11 is 0. The van der Waals surface area contributed by atoms with Crippen LogP contribution in [-0.2, 0) is 4.74 Å². The highest BCUT2D eigenvalue weighted by molar-refractivity contribution is 5.94.